The first-order chi connectivity index (χ1) is 10.1. The Morgan fingerprint density at radius 2 is 1.86 bits per heavy atom. The summed E-state index contributed by atoms with van der Waals surface area (Å²) >= 11 is 3.20. The van der Waals surface area contributed by atoms with Gasteiger partial charge in [0.15, 0.2) is 0 Å². The van der Waals surface area contributed by atoms with Gasteiger partial charge in [-0.1, -0.05) is 24.3 Å². The van der Waals surface area contributed by atoms with Crippen LogP contribution in [0.3, 0.4) is 0 Å². The lowest BCUT2D eigenvalue weighted by molar-refractivity contribution is -0.136. The molecular weight excluding hydrogens is 336 g/mol. The second-order valence-corrected chi connectivity index (χ2v) is 5.20. The Bertz CT molecular complexity index is 656. The SMILES string of the molecule is O=C(O)Cc1ccccc1CNC(=O)c1ccc(Br)nc1. The van der Waals surface area contributed by atoms with Crippen molar-refractivity contribution in [2.75, 3.05) is 0 Å². The molecule has 5 nitrogen and oxygen atoms in total. The van der Waals surface area contributed by atoms with E-state index in [0.29, 0.717) is 15.7 Å². The van der Waals surface area contributed by atoms with E-state index in [1.54, 1.807) is 30.3 Å². The lowest BCUT2D eigenvalue weighted by Crippen LogP contribution is -2.23. The van der Waals surface area contributed by atoms with E-state index in [-0.39, 0.29) is 18.9 Å². The van der Waals surface area contributed by atoms with Crippen LogP contribution < -0.4 is 5.32 Å². The smallest absolute Gasteiger partial charge is 0.307 e. The molecule has 2 aromatic rings. The first kappa shape index (κ1) is 15.2. The first-order valence-electron chi connectivity index (χ1n) is 6.24. The number of benzene rings is 1. The zero-order valence-electron chi connectivity index (χ0n) is 11.0. The van der Waals surface area contributed by atoms with Gasteiger partial charge in [-0.15, -0.1) is 0 Å². The van der Waals surface area contributed by atoms with Crippen LogP contribution in [0.2, 0.25) is 0 Å². The van der Waals surface area contributed by atoms with Crippen LogP contribution in [0.1, 0.15) is 21.5 Å². The highest BCUT2D eigenvalue weighted by Crippen LogP contribution is 2.10. The van der Waals surface area contributed by atoms with Gasteiger partial charge in [-0.3, -0.25) is 9.59 Å². The second kappa shape index (κ2) is 6.99. The van der Waals surface area contributed by atoms with Crippen LogP contribution in [-0.4, -0.2) is 22.0 Å². The van der Waals surface area contributed by atoms with Crippen molar-refractivity contribution in [3.05, 3.63) is 63.9 Å². The third kappa shape index (κ3) is 4.39. The van der Waals surface area contributed by atoms with Crippen LogP contribution in [0.25, 0.3) is 0 Å². The van der Waals surface area contributed by atoms with Crippen molar-refractivity contribution in [3.8, 4) is 0 Å². The van der Waals surface area contributed by atoms with Gasteiger partial charge in [-0.05, 0) is 39.2 Å². The summed E-state index contributed by atoms with van der Waals surface area (Å²) in [6.07, 6.45) is 1.41. The van der Waals surface area contributed by atoms with Gasteiger partial charge in [0, 0.05) is 12.7 Å². The van der Waals surface area contributed by atoms with E-state index in [4.69, 9.17) is 5.11 Å². The summed E-state index contributed by atoms with van der Waals surface area (Å²) in [5.41, 5.74) is 1.94. The van der Waals surface area contributed by atoms with Crippen molar-refractivity contribution in [2.45, 2.75) is 13.0 Å². The van der Waals surface area contributed by atoms with Crippen molar-refractivity contribution in [1.29, 1.82) is 0 Å². The molecule has 1 amide bonds. The van der Waals surface area contributed by atoms with E-state index in [1.165, 1.54) is 6.20 Å². The van der Waals surface area contributed by atoms with Crippen LogP contribution in [0.15, 0.2) is 47.2 Å². The molecule has 0 aliphatic carbocycles. The number of carbonyl (C=O) groups is 2. The van der Waals surface area contributed by atoms with Crippen molar-refractivity contribution in [1.82, 2.24) is 10.3 Å². The molecule has 0 unspecified atom stereocenters. The molecule has 0 bridgehead atoms. The highest BCUT2D eigenvalue weighted by molar-refractivity contribution is 9.10. The zero-order valence-corrected chi connectivity index (χ0v) is 12.6. The molecule has 21 heavy (non-hydrogen) atoms. The Morgan fingerprint density at radius 1 is 1.14 bits per heavy atom. The Kier molecular flexibility index (Phi) is 5.05. The van der Waals surface area contributed by atoms with Crippen LogP contribution in [0.5, 0.6) is 0 Å². The fourth-order valence-electron chi connectivity index (χ4n) is 1.85. The molecule has 0 aliphatic rings. The maximum Gasteiger partial charge on any atom is 0.307 e. The standard InChI is InChI=1S/C15H13BrN2O3/c16-13-6-5-12(9-17-13)15(21)18-8-11-4-2-1-3-10(11)7-14(19)20/h1-6,9H,7-8H2,(H,18,21)(H,19,20). The Hall–Kier alpha value is -2.21. The number of aromatic nitrogens is 1. The average Bonchev–Trinajstić information content (AvgIpc) is 2.46. The van der Waals surface area contributed by atoms with E-state index in [2.05, 4.69) is 26.2 Å². The van der Waals surface area contributed by atoms with Gasteiger partial charge in [0.05, 0.1) is 12.0 Å². The minimum Gasteiger partial charge on any atom is -0.481 e. The first-order valence-corrected chi connectivity index (χ1v) is 7.04. The van der Waals surface area contributed by atoms with Gasteiger partial charge in [0.1, 0.15) is 4.60 Å². The number of pyridine rings is 1. The topological polar surface area (TPSA) is 79.3 Å². The predicted molar refractivity (Wildman–Crippen MR) is 80.9 cm³/mol. The molecular formula is C15H13BrN2O3. The van der Waals surface area contributed by atoms with E-state index < -0.39 is 5.97 Å². The lowest BCUT2D eigenvalue weighted by Gasteiger charge is -2.09. The summed E-state index contributed by atoms with van der Waals surface area (Å²) in [6, 6.07) is 10.5. The third-order valence-corrected chi connectivity index (χ3v) is 3.36. The zero-order chi connectivity index (χ0) is 15.2. The molecule has 2 rings (SSSR count). The number of hydrogen-bond acceptors (Lipinski definition) is 3. The van der Waals surface area contributed by atoms with Crippen LogP contribution in [0, 0.1) is 0 Å². The molecule has 0 atom stereocenters. The number of nitrogens with one attached hydrogen (secondary N) is 1. The molecule has 1 aromatic heterocycles. The summed E-state index contributed by atoms with van der Waals surface area (Å²) in [5.74, 6) is -1.15. The third-order valence-electron chi connectivity index (χ3n) is 2.89. The maximum absolute atomic E-state index is 12.0. The number of aliphatic carboxylic acids is 1. The van der Waals surface area contributed by atoms with Gasteiger partial charge in [0.2, 0.25) is 0 Å². The molecule has 0 radical (unpaired) electrons. The number of amides is 1. The Balaban J connectivity index is 2.04. The van der Waals surface area contributed by atoms with E-state index in [1.807, 2.05) is 6.07 Å². The van der Waals surface area contributed by atoms with Crippen molar-refractivity contribution >= 4 is 27.8 Å². The molecule has 0 saturated carbocycles. The van der Waals surface area contributed by atoms with Crippen LogP contribution >= 0.6 is 15.9 Å². The van der Waals surface area contributed by atoms with Gasteiger partial charge < -0.3 is 10.4 Å². The Labute approximate surface area is 130 Å². The summed E-state index contributed by atoms with van der Waals surface area (Å²) in [4.78, 5) is 26.8. The summed E-state index contributed by atoms with van der Waals surface area (Å²) in [5, 5.41) is 11.6. The monoisotopic (exact) mass is 348 g/mol. The second-order valence-electron chi connectivity index (χ2n) is 4.39. The quantitative estimate of drug-likeness (QED) is 0.813. The molecule has 108 valence electrons. The van der Waals surface area contributed by atoms with E-state index in [0.717, 1.165) is 5.56 Å². The van der Waals surface area contributed by atoms with Gasteiger partial charge in [0.25, 0.3) is 5.91 Å². The molecule has 1 aromatic carbocycles. The highest BCUT2D eigenvalue weighted by atomic mass is 79.9. The fraction of sp³-hybridized carbons (Fsp3) is 0.133. The van der Waals surface area contributed by atoms with Gasteiger partial charge in [-0.25, -0.2) is 4.98 Å². The number of carboxylic acids is 1. The maximum atomic E-state index is 12.0. The lowest BCUT2D eigenvalue weighted by atomic mass is 10.0. The van der Waals surface area contributed by atoms with Crippen molar-refractivity contribution in [3.63, 3.8) is 0 Å². The summed E-state index contributed by atoms with van der Waals surface area (Å²) in [6.45, 7) is 0.276. The number of carboxylic acid groups (broad SMARTS) is 1. The molecule has 6 heteroatoms. The fourth-order valence-corrected chi connectivity index (χ4v) is 2.09. The van der Waals surface area contributed by atoms with Crippen LogP contribution in [0.4, 0.5) is 0 Å². The molecule has 2 N–H and O–H groups in total. The largest absolute Gasteiger partial charge is 0.481 e. The number of rotatable bonds is 5. The van der Waals surface area contributed by atoms with E-state index >= 15 is 0 Å². The summed E-state index contributed by atoms with van der Waals surface area (Å²) in [7, 11) is 0. The molecule has 0 saturated heterocycles. The number of nitrogens with zero attached hydrogens (tertiary/aromatic N) is 1. The van der Waals surface area contributed by atoms with Crippen molar-refractivity contribution in [2.24, 2.45) is 0 Å². The van der Waals surface area contributed by atoms with Crippen LogP contribution in [-0.2, 0) is 17.8 Å². The highest BCUT2D eigenvalue weighted by Gasteiger charge is 2.09. The normalized spacial score (nSPS) is 10.1. The number of carbonyl (C=O) groups excluding carboxylic acids is 1. The van der Waals surface area contributed by atoms with Gasteiger partial charge >= 0.3 is 5.97 Å². The summed E-state index contributed by atoms with van der Waals surface area (Å²) < 4.78 is 0.658. The Morgan fingerprint density at radius 3 is 2.48 bits per heavy atom. The minimum absolute atomic E-state index is 0.0636. The van der Waals surface area contributed by atoms with Crippen molar-refractivity contribution < 1.29 is 14.7 Å². The predicted octanol–water partition coefficient (Wildman–Crippen LogP) is 2.40. The minimum atomic E-state index is -0.897. The molecule has 1 heterocycles. The molecule has 0 spiro atoms. The van der Waals surface area contributed by atoms with Gasteiger partial charge in [-0.2, -0.15) is 0 Å². The van der Waals surface area contributed by atoms with E-state index in [9.17, 15) is 9.59 Å². The molecule has 0 fully saturated rings. The number of hydrogen-bond donors (Lipinski definition) is 2. The average molecular weight is 349 g/mol. The number of halogens is 1. The molecule has 0 aliphatic heterocycles.